The Hall–Kier alpha value is -1.84. The molecule has 0 aliphatic rings. The van der Waals surface area contributed by atoms with Crippen LogP contribution in [0.1, 0.15) is 35.7 Å². The highest BCUT2D eigenvalue weighted by Gasteiger charge is 2.08. The lowest BCUT2D eigenvalue weighted by Crippen LogP contribution is -2.29. The largest absolute Gasteiger partial charge is 0.508 e. The molecule has 1 amide bonds. The molecule has 0 aromatic heterocycles. The van der Waals surface area contributed by atoms with Crippen LogP contribution >= 0.6 is 0 Å². The van der Waals surface area contributed by atoms with E-state index >= 15 is 0 Å². The molecule has 4 nitrogen and oxygen atoms in total. The summed E-state index contributed by atoms with van der Waals surface area (Å²) in [6.45, 7) is 3.63. The third kappa shape index (κ3) is 3.90. The summed E-state index contributed by atoms with van der Waals surface area (Å²) in [4.78, 5) is 22.9. The molecule has 0 saturated carbocycles. The van der Waals surface area contributed by atoms with Crippen LogP contribution in [0.5, 0.6) is 5.75 Å². The molecule has 0 aliphatic carbocycles. The van der Waals surface area contributed by atoms with E-state index in [2.05, 4.69) is 5.32 Å². The van der Waals surface area contributed by atoms with E-state index in [0.717, 1.165) is 6.42 Å². The number of amides is 1. The van der Waals surface area contributed by atoms with Crippen LogP contribution in [0.15, 0.2) is 18.2 Å². The summed E-state index contributed by atoms with van der Waals surface area (Å²) >= 11 is 0. The van der Waals surface area contributed by atoms with Crippen LogP contribution in [0, 0.1) is 6.92 Å². The lowest BCUT2D eigenvalue weighted by atomic mass is 10.1. The Kier molecular flexibility index (Phi) is 4.69. The van der Waals surface area contributed by atoms with E-state index < -0.39 is 0 Å². The number of benzene rings is 1. The van der Waals surface area contributed by atoms with Crippen molar-refractivity contribution in [3.8, 4) is 5.75 Å². The van der Waals surface area contributed by atoms with Crippen LogP contribution in [0.3, 0.4) is 0 Å². The van der Waals surface area contributed by atoms with Crippen LogP contribution in [0.2, 0.25) is 0 Å². The molecule has 0 saturated heterocycles. The first-order valence-electron chi connectivity index (χ1n) is 5.64. The molecule has 0 spiro atoms. The van der Waals surface area contributed by atoms with Crippen molar-refractivity contribution in [1.82, 2.24) is 5.32 Å². The van der Waals surface area contributed by atoms with Crippen LogP contribution in [0.25, 0.3) is 0 Å². The van der Waals surface area contributed by atoms with Gasteiger partial charge in [0.15, 0.2) is 5.78 Å². The Morgan fingerprint density at radius 3 is 2.65 bits per heavy atom. The van der Waals surface area contributed by atoms with Crippen LogP contribution < -0.4 is 5.32 Å². The van der Waals surface area contributed by atoms with E-state index in [0.29, 0.717) is 17.5 Å². The minimum absolute atomic E-state index is 0.00302. The minimum Gasteiger partial charge on any atom is -0.508 e. The lowest BCUT2D eigenvalue weighted by Gasteiger charge is -2.05. The second-order valence-electron chi connectivity index (χ2n) is 3.95. The number of carbonyl (C=O) groups is 2. The summed E-state index contributed by atoms with van der Waals surface area (Å²) in [6.07, 6.45) is 1.19. The van der Waals surface area contributed by atoms with Gasteiger partial charge in [0.05, 0.1) is 6.54 Å². The molecular weight excluding hydrogens is 218 g/mol. The normalized spacial score (nSPS) is 10.0. The SMILES string of the molecule is CCCC(=O)NCC(=O)c1ccc(O)c(C)c1. The lowest BCUT2D eigenvalue weighted by molar-refractivity contribution is -0.120. The number of phenols is 1. The smallest absolute Gasteiger partial charge is 0.220 e. The first-order valence-corrected chi connectivity index (χ1v) is 5.64. The van der Waals surface area contributed by atoms with Gasteiger partial charge in [0, 0.05) is 12.0 Å². The highest BCUT2D eigenvalue weighted by atomic mass is 16.3. The molecule has 0 aliphatic heterocycles. The molecule has 0 radical (unpaired) electrons. The van der Waals surface area contributed by atoms with E-state index in [-0.39, 0.29) is 24.0 Å². The maximum atomic E-state index is 11.7. The van der Waals surface area contributed by atoms with Gasteiger partial charge in [-0.2, -0.15) is 0 Å². The fourth-order valence-electron chi connectivity index (χ4n) is 1.43. The monoisotopic (exact) mass is 235 g/mol. The van der Waals surface area contributed by atoms with Gasteiger partial charge < -0.3 is 10.4 Å². The number of nitrogens with one attached hydrogen (secondary N) is 1. The second-order valence-corrected chi connectivity index (χ2v) is 3.95. The Labute approximate surface area is 101 Å². The van der Waals surface area contributed by atoms with Crippen molar-refractivity contribution in [2.75, 3.05) is 6.54 Å². The van der Waals surface area contributed by atoms with Gasteiger partial charge in [-0.1, -0.05) is 6.92 Å². The average molecular weight is 235 g/mol. The molecule has 0 fully saturated rings. The van der Waals surface area contributed by atoms with Crippen LogP contribution in [-0.4, -0.2) is 23.3 Å². The maximum Gasteiger partial charge on any atom is 0.220 e. The summed E-state index contributed by atoms with van der Waals surface area (Å²) < 4.78 is 0. The number of carbonyl (C=O) groups excluding carboxylic acids is 2. The van der Waals surface area contributed by atoms with E-state index in [4.69, 9.17) is 0 Å². The fourth-order valence-corrected chi connectivity index (χ4v) is 1.43. The molecule has 1 aromatic carbocycles. The van der Waals surface area contributed by atoms with Gasteiger partial charge in [-0.15, -0.1) is 0 Å². The van der Waals surface area contributed by atoms with Crippen molar-refractivity contribution < 1.29 is 14.7 Å². The van der Waals surface area contributed by atoms with E-state index in [9.17, 15) is 14.7 Å². The van der Waals surface area contributed by atoms with E-state index in [1.165, 1.54) is 6.07 Å². The maximum absolute atomic E-state index is 11.7. The number of aromatic hydroxyl groups is 1. The quantitative estimate of drug-likeness (QED) is 0.765. The Morgan fingerprint density at radius 2 is 2.06 bits per heavy atom. The van der Waals surface area contributed by atoms with Gasteiger partial charge in [0.25, 0.3) is 0 Å². The molecule has 0 unspecified atom stereocenters. The van der Waals surface area contributed by atoms with Crippen molar-refractivity contribution in [2.45, 2.75) is 26.7 Å². The Balaban J connectivity index is 2.58. The molecule has 2 N–H and O–H groups in total. The molecular formula is C13H17NO3. The van der Waals surface area contributed by atoms with E-state index in [1.807, 2.05) is 6.92 Å². The average Bonchev–Trinajstić information content (AvgIpc) is 2.30. The number of ketones is 1. The van der Waals surface area contributed by atoms with Gasteiger partial charge >= 0.3 is 0 Å². The predicted octanol–water partition coefficient (Wildman–Crippen LogP) is 1.80. The number of hydrogen-bond acceptors (Lipinski definition) is 3. The zero-order chi connectivity index (χ0) is 12.8. The van der Waals surface area contributed by atoms with Gasteiger partial charge in [-0.25, -0.2) is 0 Å². The predicted molar refractivity (Wildman–Crippen MR) is 65.1 cm³/mol. The summed E-state index contributed by atoms with van der Waals surface area (Å²) in [5, 5.41) is 11.9. The Morgan fingerprint density at radius 1 is 1.35 bits per heavy atom. The number of phenolic OH excluding ortho intramolecular Hbond substituents is 1. The fraction of sp³-hybridized carbons (Fsp3) is 0.385. The van der Waals surface area contributed by atoms with Crippen molar-refractivity contribution in [2.24, 2.45) is 0 Å². The third-order valence-electron chi connectivity index (χ3n) is 2.44. The summed E-state index contributed by atoms with van der Waals surface area (Å²) in [7, 11) is 0. The molecule has 17 heavy (non-hydrogen) atoms. The standard InChI is InChI=1S/C13H17NO3/c1-3-4-13(17)14-8-12(16)10-5-6-11(15)9(2)7-10/h5-7,15H,3-4,8H2,1-2H3,(H,14,17). The van der Waals surface area contributed by atoms with Crippen LogP contribution in [-0.2, 0) is 4.79 Å². The van der Waals surface area contributed by atoms with Crippen molar-refractivity contribution in [3.63, 3.8) is 0 Å². The zero-order valence-corrected chi connectivity index (χ0v) is 10.1. The number of aryl methyl sites for hydroxylation is 1. The highest BCUT2D eigenvalue weighted by Crippen LogP contribution is 2.16. The molecule has 4 heteroatoms. The molecule has 0 atom stereocenters. The van der Waals surface area contributed by atoms with Gasteiger partial charge in [-0.3, -0.25) is 9.59 Å². The molecule has 92 valence electrons. The molecule has 0 bridgehead atoms. The van der Waals surface area contributed by atoms with Crippen molar-refractivity contribution >= 4 is 11.7 Å². The first-order chi connectivity index (χ1) is 8.04. The number of rotatable bonds is 5. The minimum atomic E-state index is -0.155. The molecule has 1 rings (SSSR count). The highest BCUT2D eigenvalue weighted by molar-refractivity contribution is 5.99. The zero-order valence-electron chi connectivity index (χ0n) is 10.1. The second kappa shape index (κ2) is 6.03. The van der Waals surface area contributed by atoms with Crippen molar-refractivity contribution in [3.05, 3.63) is 29.3 Å². The number of hydrogen-bond donors (Lipinski definition) is 2. The van der Waals surface area contributed by atoms with Crippen molar-refractivity contribution in [1.29, 1.82) is 0 Å². The summed E-state index contributed by atoms with van der Waals surface area (Å²) in [6, 6.07) is 4.65. The molecule has 1 aromatic rings. The third-order valence-corrected chi connectivity index (χ3v) is 2.44. The number of Topliss-reactive ketones (excluding diaryl/α,β-unsaturated/α-hetero) is 1. The topological polar surface area (TPSA) is 66.4 Å². The molecule has 0 heterocycles. The summed E-state index contributed by atoms with van der Waals surface area (Å²) in [5.41, 5.74) is 1.15. The Bertz CT molecular complexity index is 427. The van der Waals surface area contributed by atoms with Gasteiger partial charge in [0.2, 0.25) is 5.91 Å². The first kappa shape index (κ1) is 13.2. The summed E-state index contributed by atoms with van der Waals surface area (Å²) in [5.74, 6) is -0.106. The van der Waals surface area contributed by atoms with E-state index in [1.54, 1.807) is 19.1 Å². The van der Waals surface area contributed by atoms with Gasteiger partial charge in [-0.05, 0) is 37.1 Å². The van der Waals surface area contributed by atoms with Gasteiger partial charge in [0.1, 0.15) is 5.75 Å². The van der Waals surface area contributed by atoms with Crippen LogP contribution in [0.4, 0.5) is 0 Å².